The van der Waals surface area contributed by atoms with Gasteiger partial charge in [0.2, 0.25) is 5.91 Å². The molecule has 0 spiro atoms. The first kappa shape index (κ1) is 23.3. The number of aliphatic hydroxyl groups excluding tert-OH is 3. The van der Waals surface area contributed by atoms with Gasteiger partial charge in [0.25, 0.3) is 0 Å². The fourth-order valence-electron chi connectivity index (χ4n) is 3.09. The molecule has 0 saturated carbocycles. The molecule has 12 heteroatoms. The van der Waals surface area contributed by atoms with Crippen LogP contribution in [0.15, 0.2) is 36.4 Å². The summed E-state index contributed by atoms with van der Waals surface area (Å²) in [6.45, 7) is 1.58. The predicted octanol–water partition coefficient (Wildman–Crippen LogP) is 0.0953. The molecule has 172 valence electrons. The highest BCUT2D eigenvalue weighted by Crippen LogP contribution is 2.27. The molecule has 3 rings (SSSR count). The summed E-state index contributed by atoms with van der Waals surface area (Å²) in [5.74, 6) is -1.95. The quantitative estimate of drug-likeness (QED) is 0.306. The molecular weight excluding hydrogens is 427 g/mol. The van der Waals surface area contributed by atoms with Gasteiger partial charge in [0.1, 0.15) is 29.9 Å². The zero-order valence-electron chi connectivity index (χ0n) is 16.9. The lowest BCUT2D eigenvalue weighted by molar-refractivity contribution is -0.221. The Kier molecular flexibility index (Phi) is 7.20. The molecule has 0 bridgehead atoms. The number of nitrogens with one attached hydrogen (secondary N) is 3. The minimum absolute atomic E-state index is 0.0149. The molecule has 5 unspecified atom stereocenters. The second kappa shape index (κ2) is 9.87. The lowest BCUT2D eigenvalue weighted by Crippen LogP contribution is -2.61. The third kappa shape index (κ3) is 5.48. The molecule has 0 aliphatic carbocycles. The second-order valence-electron chi connectivity index (χ2n) is 7.19. The Hall–Kier alpha value is -3.32. The number of aromatic nitrogens is 1. The molecule has 1 aromatic carbocycles. The normalized spacial score (nSPS) is 25.1. The topological polar surface area (TPSA) is 173 Å². The molecule has 1 saturated heterocycles. The number of hydrogen-bond acceptors (Lipinski definition) is 9. The fraction of sp³-hybridized carbons (Fsp3) is 0.350. The van der Waals surface area contributed by atoms with Crippen LogP contribution in [-0.4, -0.2) is 67.9 Å². The van der Waals surface area contributed by atoms with Crippen molar-refractivity contribution < 1.29 is 39.1 Å². The van der Waals surface area contributed by atoms with Gasteiger partial charge in [-0.05, 0) is 29.8 Å². The maximum Gasteiger partial charge on any atom is 0.335 e. The molecule has 1 aromatic heterocycles. The summed E-state index contributed by atoms with van der Waals surface area (Å²) in [6.07, 6.45) is -8.58. The lowest BCUT2D eigenvalue weighted by atomic mass is 9.98. The van der Waals surface area contributed by atoms with E-state index in [0.717, 1.165) is 5.56 Å². The van der Waals surface area contributed by atoms with Crippen LogP contribution in [0.1, 0.15) is 12.5 Å². The number of nitrogens with zero attached hydrogens (tertiary/aromatic N) is 1. The highest BCUT2D eigenvalue weighted by molar-refractivity contribution is 5.92. The Morgan fingerprint density at radius 2 is 1.75 bits per heavy atom. The van der Waals surface area contributed by atoms with Crippen LogP contribution in [-0.2, 0) is 20.9 Å². The van der Waals surface area contributed by atoms with Gasteiger partial charge in [-0.25, -0.2) is 14.2 Å². The molecule has 1 aliphatic heterocycles. The van der Waals surface area contributed by atoms with Crippen LogP contribution in [0.5, 0.6) is 0 Å². The number of rotatable bonds is 7. The van der Waals surface area contributed by atoms with Crippen molar-refractivity contribution in [3.63, 3.8) is 0 Å². The van der Waals surface area contributed by atoms with Gasteiger partial charge in [0.05, 0.1) is 5.69 Å². The fourth-order valence-corrected chi connectivity index (χ4v) is 3.09. The number of pyridine rings is 1. The van der Waals surface area contributed by atoms with Crippen molar-refractivity contribution >= 4 is 29.2 Å². The van der Waals surface area contributed by atoms with Crippen LogP contribution in [0.2, 0.25) is 0 Å². The van der Waals surface area contributed by atoms with Crippen LogP contribution in [0.4, 0.5) is 21.7 Å². The summed E-state index contributed by atoms with van der Waals surface area (Å²) in [6, 6.07) is 8.90. The number of ether oxygens (including phenoxy) is 1. The molecule has 5 atom stereocenters. The maximum atomic E-state index is 13.1. The number of benzene rings is 1. The zero-order valence-corrected chi connectivity index (χ0v) is 16.9. The number of halogens is 1. The van der Waals surface area contributed by atoms with Gasteiger partial charge >= 0.3 is 5.97 Å². The second-order valence-corrected chi connectivity index (χ2v) is 7.19. The van der Waals surface area contributed by atoms with Gasteiger partial charge in [-0.2, -0.15) is 0 Å². The van der Waals surface area contributed by atoms with Gasteiger partial charge in [-0.15, -0.1) is 0 Å². The van der Waals surface area contributed by atoms with Gasteiger partial charge < -0.3 is 41.1 Å². The zero-order chi connectivity index (χ0) is 23.4. The van der Waals surface area contributed by atoms with E-state index >= 15 is 0 Å². The first-order valence-electron chi connectivity index (χ1n) is 9.61. The minimum Gasteiger partial charge on any atom is -0.479 e. The van der Waals surface area contributed by atoms with Crippen molar-refractivity contribution in [1.82, 2.24) is 4.98 Å². The third-order valence-electron chi connectivity index (χ3n) is 4.73. The molecule has 1 aliphatic rings. The summed E-state index contributed by atoms with van der Waals surface area (Å²) in [5.41, 5.74) is 0.981. The molecule has 11 nitrogen and oxygen atoms in total. The number of carbonyl (C=O) groups is 2. The Balaban J connectivity index is 1.82. The Morgan fingerprint density at radius 3 is 2.38 bits per heavy atom. The number of carbonyl (C=O) groups excluding carboxylic acids is 1. The summed E-state index contributed by atoms with van der Waals surface area (Å²) in [7, 11) is 0. The van der Waals surface area contributed by atoms with E-state index in [1.54, 1.807) is 18.2 Å². The van der Waals surface area contributed by atoms with Crippen LogP contribution >= 0.6 is 0 Å². The standard InChI is InChI=1S/C20H23FN4O7/c1-9(26)23-12-6-7-13(22-8-10-2-4-11(21)5-3-10)24-18(12)25-19-16(29)14(27)15(28)17(32-19)20(30)31/h2-7,14-17,19,27-29H,8H2,1H3,(H,23,26)(H,30,31)(H2,22,24,25). The van der Waals surface area contributed by atoms with Crippen LogP contribution in [0.25, 0.3) is 0 Å². The van der Waals surface area contributed by atoms with Gasteiger partial charge in [0, 0.05) is 13.5 Å². The Bertz CT molecular complexity index is 975. The van der Waals surface area contributed by atoms with E-state index in [1.165, 1.54) is 25.1 Å². The van der Waals surface area contributed by atoms with E-state index < -0.39 is 42.5 Å². The number of hydrogen-bond donors (Lipinski definition) is 7. The SMILES string of the molecule is CC(=O)Nc1ccc(NCc2ccc(F)cc2)nc1NC1OC(C(=O)O)C(O)C(O)C1O. The lowest BCUT2D eigenvalue weighted by Gasteiger charge is -2.39. The number of aliphatic carboxylic acids is 1. The maximum absolute atomic E-state index is 13.1. The third-order valence-corrected chi connectivity index (χ3v) is 4.73. The smallest absolute Gasteiger partial charge is 0.335 e. The molecule has 1 amide bonds. The van der Waals surface area contributed by atoms with E-state index in [0.29, 0.717) is 12.4 Å². The Morgan fingerprint density at radius 1 is 1.06 bits per heavy atom. The van der Waals surface area contributed by atoms with Crippen LogP contribution < -0.4 is 16.0 Å². The molecular formula is C20H23FN4O7. The number of anilines is 3. The number of amides is 1. The van der Waals surface area contributed by atoms with E-state index in [1.807, 2.05) is 0 Å². The Labute approximate surface area is 181 Å². The van der Waals surface area contributed by atoms with E-state index in [9.17, 15) is 34.4 Å². The summed E-state index contributed by atoms with van der Waals surface area (Å²) in [4.78, 5) is 27.2. The van der Waals surface area contributed by atoms with E-state index in [4.69, 9.17) is 4.74 Å². The number of carboxylic acids is 1. The monoisotopic (exact) mass is 450 g/mol. The van der Waals surface area contributed by atoms with Crippen LogP contribution in [0, 0.1) is 5.82 Å². The van der Waals surface area contributed by atoms with Crippen molar-refractivity contribution in [2.24, 2.45) is 0 Å². The highest BCUT2D eigenvalue weighted by Gasteiger charge is 2.47. The van der Waals surface area contributed by atoms with Gasteiger partial charge in [-0.1, -0.05) is 12.1 Å². The molecule has 0 radical (unpaired) electrons. The number of aliphatic hydroxyl groups is 3. The first-order chi connectivity index (χ1) is 15.2. The minimum atomic E-state index is -1.84. The van der Waals surface area contributed by atoms with Crippen molar-refractivity contribution in [3.05, 3.63) is 47.8 Å². The van der Waals surface area contributed by atoms with E-state index in [2.05, 4.69) is 20.9 Å². The van der Waals surface area contributed by atoms with Gasteiger partial charge in [0.15, 0.2) is 18.1 Å². The van der Waals surface area contributed by atoms with Crippen LogP contribution in [0.3, 0.4) is 0 Å². The van der Waals surface area contributed by atoms with Gasteiger partial charge in [-0.3, -0.25) is 4.79 Å². The largest absolute Gasteiger partial charge is 0.479 e. The predicted molar refractivity (Wildman–Crippen MR) is 110 cm³/mol. The highest BCUT2D eigenvalue weighted by atomic mass is 19.1. The van der Waals surface area contributed by atoms with E-state index in [-0.39, 0.29) is 17.3 Å². The summed E-state index contributed by atoms with van der Waals surface area (Å²) in [5, 5.41) is 47.5. The van der Waals surface area contributed by atoms with Crippen molar-refractivity contribution in [2.75, 3.05) is 16.0 Å². The average Bonchev–Trinajstić information content (AvgIpc) is 2.74. The number of carboxylic acid groups (broad SMARTS) is 1. The molecule has 2 aromatic rings. The molecule has 2 heterocycles. The van der Waals surface area contributed by atoms with Crippen molar-refractivity contribution in [1.29, 1.82) is 0 Å². The summed E-state index contributed by atoms with van der Waals surface area (Å²) >= 11 is 0. The summed E-state index contributed by atoms with van der Waals surface area (Å²) < 4.78 is 18.3. The molecule has 1 fully saturated rings. The molecule has 7 N–H and O–H groups in total. The van der Waals surface area contributed by atoms with Crippen molar-refractivity contribution in [2.45, 2.75) is 44.1 Å². The first-order valence-corrected chi connectivity index (χ1v) is 9.61. The average molecular weight is 450 g/mol. The van der Waals surface area contributed by atoms with Crippen molar-refractivity contribution in [3.8, 4) is 0 Å². The molecule has 32 heavy (non-hydrogen) atoms.